The molecule has 6 heteroatoms. The van der Waals surface area contributed by atoms with E-state index in [9.17, 15) is 9.18 Å². The van der Waals surface area contributed by atoms with Gasteiger partial charge in [-0.05, 0) is 44.7 Å². The lowest BCUT2D eigenvalue weighted by Gasteiger charge is -2.20. The van der Waals surface area contributed by atoms with Crippen molar-refractivity contribution < 1.29 is 18.7 Å². The zero-order valence-corrected chi connectivity index (χ0v) is 14.4. The molecular weight excluding hydrogens is 309 g/mol. The van der Waals surface area contributed by atoms with Gasteiger partial charge in [-0.1, -0.05) is 18.5 Å². The van der Waals surface area contributed by atoms with Crippen LogP contribution in [0, 0.1) is 5.82 Å². The van der Waals surface area contributed by atoms with Crippen LogP contribution >= 0.6 is 11.6 Å². The topological polar surface area (TPSA) is 47.6 Å². The van der Waals surface area contributed by atoms with Crippen molar-refractivity contribution >= 4 is 17.7 Å². The van der Waals surface area contributed by atoms with Crippen LogP contribution in [0.3, 0.4) is 0 Å². The molecule has 0 saturated heterocycles. The van der Waals surface area contributed by atoms with E-state index in [0.29, 0.717) is 18.7 Å². The molecule has 0 aromatic heterocycles. The van der Waals surface area contributed by atoms with Gasteiger partial charge in [0.25, 0.3) is 0 Å². The van der Waals surface area contributed by atoms with E-state index >= 15 is 0 Å². The predicted molar refractivity (Wildman–Crippen MR) is 85.2 cm³/mol. The van der Waals surface area contributed by atoms with Crippen LogP contribution in [0.1, 0.15) is 45.6 Å². The van der Waals surface area contributed by atoms with E-state index < -0.39 is 17.5 Å². The van der Waals surface area contributed by atoms with Crippen LogP contribution in [-0.4, -0.2) is 25.3 Å². The first-order chi connectivity index (χ1) is 10.1. The summed E-state index contributed by atoms with van der Waals surface area (Å²) in [6, 6.07) is 2.84. The molecule has 0 saturated carbocycles. The number of hydrogen-bond acceptors (Lipinski definition) is 3. The summed E-state index contributed by atoms with van der Waals surface area (Å²) in [5, 5.41) is 2.75. The van der Waals surface area contributed by atoms with Crippen LogP contribution in [0.25, 0.3) is 0 Å². The summed E-state index contributed by atoms with van der Waals surface area (Å²) in [5.41, 5.74) is 0.281. The summed E-state index contributed by atoms with van der Waals surface area (Å²) < 4.78 is 23.8. The van der Waals surface area contributed by atoms with Crippen molar-refractivity contribution in [2.75, 3.05) is 13.7 Å². The van der Waals surface area contributed by atoms with E-state index in [2.05, 4.69) is 5.32 Å². The van der Waals surface area contributed by atoms with E-state index in [0.717, 1.165) is 5.56 Å². The summed E-state index contributed by atoms with van der Waals surface area (Å²) >= 11 is 5.82. The molecule has 1 rings (SSSR count). The van der Waals surface area contributed by atoms with Crippen molar-refractivity contribution in [1.82, 2.24) is 5.32 Å². The molecular formula is C16H23ClFNO3. The Labute approximate surface area is 135 Å². The number of halogens is 2. The number of amides is 1. The van der Waals surface area contributed by atoms with Gasteiger partial charge in [-0.2, -0.15) is 0 Å². The lowest BCUT2D eigenvalue weighted by molar-refractivity contribution is 0.0526. The monoisotopic (exact) mass is 331 g/mol. The standard InChI is InChI=1S/C16H23ClFNO3/c1-10(6-7-19-15(20)22-16(2,3)4)11-8-12(17)13(18)9-14(11)21-5/h8-10H,6-7H2,1-5H3,(H,19,20)/t10-/m1/s1. The van der Waals surface area contributed by atoms with Gasteiger partial charge in [-0.15, -0.1) is 0 Å². The number of carbonyl (C=O) groups is 1. The van der Waals surface area contributed by atoms with Gasteiger partial charge in [-0.3, -0.25) is 0 Å². The van der Waals surface area contributed by atoms with Gasteiger partial charge in [0.15, 0.2) is 0 Å². The highest BCUT2D eigenvalue weighted by Gasteiger charge is 2.18. The van der Waals surface area contributed by atoms with Gasteiger partial charge in [0.1, 0.15) is 17.2 Å². The number of alkyl carbamates (subject to hydrolysis) is 1. The first kappa shape index (κ1) is 18.6. The average Bonchev–Trinajstić information content (AvgIpc) is 2.39. The highest BCUT2D eigenvalue weighted by atomic mass is 35.5. The minimum absolute atomic E-state index is 0.0444. The summed E-state index contributed by atoms with van der Waals surface area (Å²) in [7, 11) is 1.48. The van der Waals surface area contributed by atoms with Crippen LogP contribution in [-0.2, 0) is 4.74 Å². The summed E-state index contributed by atoms with van der Waals surface area (Å²) in [6.07, 6.45) is 0.196. The van der Waals surface area contributed by atoms with Crippen LogP contribution in [0.2, 0.25) is 5.02 Å². The first-order valence-corrected chi connectivity index (χ1v) is 7.51. The smallest absolute Gasteiger partial charge is 0.407 e. The molecule has 1 aromatic carbocycles. The Morgan fingerprint density at radius 3 is 2.59 bits per heavy atom. The molecule has 124 valence electrons. The molecule has 1 amide bonds. The number of nitrogens with one attached hydrogen (secondary N) is 1. The summed E-state index contributed by atoms with van der Waals surface area (Å²) in [6.45, 7) is 7.82. The van der Waals surface area contributed by atoms with Crippen molar-refractivity contribution in [2.45, 2.75) is 45.6 Å². The predicted octanol–water partition coefficient (Wildman–Crippen LogP) is 4.51. The number of rotatable bonds is 5. The Kier molecular flexibility index (Phi) is 6.48. The fourth-order valence-electron chi connectivity index (χ4n) is 1.97. The quantitative estimate of drug-likeness (QED) is 0.863. The van der Waals surface area contributed by atoms with Gasteiger partial charge < -0.3 is 14.8 Å². The maximum atomic E-state index is 13.4. The maximum Gasteiger partial charge on any atom is 0.407 e. The van der Waals surface area contributed by atoms with Crippen LogP contribution in [0.15, 0.2) is 12.1 Å². The third kappa shape index (κ3) is 5.72. The number of hydrogen-bond donors (Lipinski definition) is 1. The first-order valence-electron chi connectivity index (χ1n) is 7.14. The number of benzene rings is 1. The molecule has 0 fully saturated rings. The minimum atomic E-state index is -0.524. The zero-order valence-electron chi connectivity index (χ0n) is 13.6. The third-order valence-corrected chi connectivity index (χ3v) is 3.34. The Hall–Kier alpha value is -1.49. The molecule has 1 aromatic rings. The van der Waals surface area contributed by atoms with Crippen molar-refractivity contribution in [3.63, 3.8) is 0 Å². The Morgan fingerprint density at radius 1 is 1.41 bits per heavy atom. The molecule has 1 atom stereocenters. The van der Waals surface area contributed by atoms with Gasteiger partial charge in [0.2, 0.25) is 0 Å². The molecule has 0 bridgehead atoms. The number of carbonyl (C=O) groups excluding carboxylic acids is 1. The van der Waals surface area contributed by atoms with Crippen LogP contribution in [0.5, 0.6) is 5.75 Å². The second kappa shape index (κ2) is 7.68. The van der Waals surface area contributed by atoms with Gasteiger partial charge in [-0.25, -0.2) is 9.18 Å². The van der Waals surface area contributed by atoms with Crippen molar-refractivity contribution in [3.8, 4) is 5.75 Å². The molecule has 0 spiro atoms. The molecule has 0 heterocycles. The molecule has 1 N–H and O–H groups in total. The highest BCUT2D eigenvalue weighted by Crippen LogP contribution is 2.32. The highest BCUT2D eigenvalue weighted by molar-refractivity contribution is 6.30. The van der Waals surface area contributed by atoms with E-state index in [1.54, 1.807) is 26.8 Å². The van der Waals surface area contributed by atoms with Crippen molar-refractivity contribution in [3.05, 3.63) is 28.5 Å². The summed E-state index contributed by atoms with van der Waals surface area (Å²) in [4.78, 5) is 11.6. The SMILES string of the molecule is COc1cc(F)c(Cl)cc1[C@H](C)CCNC(=O)OC(C)(C)C. The Morgan fingerprint density at radius 2 is 2.05 bits per heavy atom. The Balaban J connectivity index is 2.61. The molecule has 4 nitrogen and oxygen atoms in total. The lowest BCUT2D eigenvalue weighted by atomic mass is 9.96. The van der Waals surface area contributed by atoms with Gasteiger partial charge in [0.05, 0.1) is 12.1 Å². The average molecular weight is 332 g/mol. The zero-order chi connectivity index (χ0) is 16.9. The van der Waals surface area contributed by atoms with Crippen molar-refractivity contribution in [1.29, 1.82) is 0 Å². The van der Waals surface area contributed by atoms with E-state index in [1.807, 2.05) is 6.92 Å². The van der Waals surface area contributed by atoms with Gasteiger partial charge in [0, 0.05) is 12.6 Å². The third-order valence-electron chi connectivity index (χ3n) is 3.05. The molecule has 0 aliphatic heterocycles. The van der Waals surface area contributed by atoms with E-state index in [4.69, 9.17) is 21.1 Å². The molecule has 0 unspecified atom stereocenters. The molecule has 0 aliphatic rings. The van der Waals surface area contributed by atoms with Crippen molar-refractivity contribution in [2.24, 2.45) is 0 Å². The molecule has 0 aliphatic carbocycles. The normalized spacial score (nSPS) is 12.7. The largest absolute Gasteiger partial charge is 0.496 e. The lowest BCUT2D eigenvalue weighted by Crippen LogP contribution is -2.33. The van der Waals surface area contributed by atoms with Crippen LogP contribution < -0.4 is 10.1 Å². The van der Waals surface area contributed by atoms with E-state index in [-0.39, 0.29) is 10.9 Å². The Bertz CT molecular complexity index is 529. The van der Waals surface area contributed by atoms with Crippen LogP contribution in [0.4, 0.5) is 9.18 Å². The minimum Gasteiger partial charge on any atom is -0.496 e. The number of ether oxygens (including phenoxy) is 2. The maximum absolute atomic E-state index is 13.4. The molecule has 0 radical (unpaired) electrons. The fourth-order valence-corrected chi connectivity index (χ4v) is 2.14. The number of methoxy groups -OCH3 is 1. The second-order valence-corrected chi connectivity index (χ2v) is 6.53. The second-order valence-electron chi connectivity index (χ2n) is 6.13. The van der Waals surface area contributed by atoms with E-state index in [1.165, 1.54) is 13.2 Å². The fraction of sp³-hybridized carbons (Fsp3) is 0.562. The molecule has 22 heavy (non-hydrogen) atoms. The van der Waals surface area contributed by atoms with Gasteiger partial charge >= 0.3 is 6.09 Å². The summed E-state index contributed by atoms with van der Waals surface area (Å²) in [5.74, 6) is -0.0176.